The summed E-state index contributed by atoms with van der Waals surface area (Å²) in [4.78, 5) is 4.11. The van der Waals surface area contributed by atoms with Gasteiger partial charge in [0.25, 0.3) is 0 Å². The second-order valence-electron chi connectivity index (χ2n) is 6.14. The van der Waals surface area contributed by atoms with Crippen LogP contribution in [0.2, 0.25) is 0 Å². The summed E-state index contributed by atoms with van der Waals surface area (Å²) in [7, 11) is 1.64. The molecule has 0 aliphatic heterocycles. The Hall–Kier alpha value is -0.590. The van der Waals surface area contributed by atoms with Crippen LogP contribution < -0.4 is 10.6 Å². The van der Waals surface area contributed by atoms with E-state index in [0.717, 1.165) is 6.42 Å². The highest BCUT2D eigenvalue weighted by Crippen LogP contribution is 2.37. The van der Waals surface area contributed by atoms with Crippen molar-refractivity contribution in [2.24, 2.45) is 10.9 Å². The van der Waals surface area contributed by atoms with E-state index in [2.05, 4.69) is 29.5 Å². The molecule has 0 aromatic carbocycles. The van der Waals surface area contributed by atoms with Crippen LogP contribution in [0.15, 0.2) is 4.99 Å². The van der Waals surface area contributed by atoms with Crippen molar-refractivity contribution >= 4 is 17.7 Å². The van der Waals surface area contributed by atoms with Crippen molar-refractivity contribution in [3.8, 4) is 0 Å². The average Bonchev–Trinajstić information content (AvgIpc) is 2.43. The molecule has 0 bridgehead atoms. The lowest BCUT2D eigenvalue weighted by atomic mass is 9.85. The standard InChI is InChI=1S/C14H26F3N3S/c1-13(2,21-4)9-19-12(18-3)20-11-7-5-6-10(8-11)14(15,16)17/h10-11H,5-9H2,1-4H3,(H2,18,19,20). The minimum Gasteiger partial charge on any atom is -0.355 e. The predicted molar refractivity (Wildman–Crippen MR) is 83.9 cm³/mol. The highest BCUT2D eigenvalue weighted by Gasteiger charge is 2.42. The first-order chi connectivity index (χ1) is 9.68. The monoisotopic (exact) mass is 325 g/mol. The molecule has 0 radical (unpaired) electrons. The normalized spacial score (nSPS) is 24.8. The number of guanidine groups is 1. The predicted octanol–water partition coefficient (Wildman–Crippen LogP) is 3.41. The Bertz CT molecular complexity index is 356. The molecule has 2 unspecified atom stereocenters. The van der Waals surface area contributed by atoms with Crippen LogP contribution in [0.3, 0.4) is 0 Å². The molecule has 0 aromatic heterocycles. The molecule has 0 amide bonds. The van der Waals surface area contributed by atoms with Gasteiger partial charge in [0.1, 0.15) is 0 Å². The molecular weight excluding hydrogens is 299 g/mol. The molecule has 0 heterocycles. The molecule has 1 saturated carbocycles. The molecule has 1 rings (SSSR count). The maximum Gasteiger partial charge on any atom is 0.391 e. The number of halogens is 3. The molecular formula is C14H26F3N3S. The fourth-order valence-electron chi connectivity index (χ4n) is 2.37. The Labute approximate surface area is 129 Å². The first-order valence-electron chi connectivity index (χ1n) is 7.27. The average molecular weight is 325 g/mol. The number of rotatable bonds is 4. The molecule has 7 heteroatoms. The fraction of sp³-hybridized carbons (Fsp3) is 0.929. The van der Waals surface area contributed by atoms with Gasteiger partial charge >= 0.3 is 6.18 Å². The molecule has 0 saturated heterocycles. The van der Waals surface area contributed by atoms with Gasteiger partial charge in [0.05, 0.1) is 5.92 Å². The second kappa shape index (κ2) is 7.61. The number of hydrogen-bond donors (Lipinski definition) is 2. The lowest BCUT2D eigenvalue weighted by Crippen LogP contribution is -2.49. The molecule has 2 atom stereocenters. The van der Waals surface area contributed by atoms with Crippen LogP contribution in [0.25, 0.3) is 0 Å². The third-order valence-electron chi connectivity index (χ3n) is 3.94. The van der Waals surface area contributed by atoms with Gasteiger partial charge in [-0.3, -0.25) is 4.99 Å². The van der Waals surface area contributed by atoms with Crippen LogP contribution in [0, 0.1) is 5.92 Å². The zero-order valence-electron chi connectivity index (χ0n) is 13.2. The Balaban J connectivity index is 2.50. The van der Waals surface area contributed by atoms with E-state index < -0.39 is 12.1 Å². The molecule has 3 nitrogen and oxygen atoms in total. The van der Waals surface area contributed by atoms with E-state index in [1.54, 1.807) is 18.8 Å². The van der Waals surface area contributed by atoms with Crippen molar-refractivity contribution in [2.75, 3.05) is 19.8 Å². The van der Waals surface area contributed by atoms with Crippen LogP contribution in [0.4, 0.5) is 13.2 Å². The molecule has 124 valence electrons. The second-order valence-corrected chi connectivity index (χ2v) is 7.65. The summed E-state index contributed by atoms with van der Waals surface area (Å²) in [6.45, 7) is 4.93. The summed E-state index contributed by atoms with van der Waals surface area (Å²) in [5.74, 6) is -0.602. The van der Waals surface area contributed by atoms with Gasteiger partial charge in [-0.15, -0.1) is 0 Å². The number of aliphatic imine (C=N–C) groups is 1. The van der Waals surface area contributed by atoms with E-state index in [9.17, 15) is 13.2 Å². The minimum absolute atomic E-state index is 0.0543. The van der Waals surface area contributed by atoms with Crippen molar-refractivity contribution in [1.29, 1.82) is 0 Å². The van der Waals surface area contributed by atoms with Crippen molar-refractivity contribution in [3.05, 3.63) is 0 Å². The van der Waals surface area contributed by atoms with Crippen molar-refractivity contribution < 1.29 is 13.2 Å². The van der Waals surface area contributed by atoms with Crippen molar-refractivity contribution in [3.63, 3.8) is 0 Å². The Morgan fingerprint density at radius 2 is 1.95 bits per heavy atom. The quantitative estimate of drug-likeness (QED) is 0.614. The SMILES string of the molecule is CN=C(NCC(C)(C)SC)NC1CCCC(C(F)(F)F)C1. The molecule has 1 aliphatic rings. The zero-order valence-corrected chi connectivity index (χ0v) is 14.0. The molecule has 1 fully saturated rings. The van der Waals surface area contributed by atoms with Gasteiger partial charge in [-0.25, -0.2) is 0 Å². The number of nitrogens with zero attached hydrogens (tertiary/aromatic N) is 1. The first kappa shape index (κ1) is 18.5. The summed E-state index contributed by atoms with van der Waals surface area (Å²) < 4.78 is 38.5. The highest BCUT2D eigenvalue weighted by molar-refractivity contribution is 7.99. The van der Waals surface area contributed by atoms with E-state index in [4.69, 9.17) is 0 Å². The van der Waals surface area contributed by atoms with Gasteiger partial charge in [0, 0.05) is 24.4 Å². The third-order valence-corrected chi connectivity index (χ3v) is 5.19. The van der Waals surface area contributed by atoms with E-state index in [0.29, 0.717) is 18.9 Å². The Morgan fingerprint density at radius 1 is 1.29 bits per heavy atom. The molecule has 0 aromatic rings. The maximum absolute atomic E-state index is 12.8. The number of thioether (sulfide) groups is 1. The number of nitrogens with one attached hydrogen (secondary N) is 2. The van der Waals surface area contributed by atoms with Gasteiger partial charge in [0.2, 0.25) is 0 Å². The summed E-state index contributed by atoms with van der Waals surface area (Å²) in [5.41, 5.74) is 0. The summed E-state index contributed by atoms with van der Waals surface area (Å²) in [5, 5.41) is 6.33. The molecule has 21 heavy (non-hydrogen) atoms. The first-order valence-corrected chi connectivity index (χ1v) is 8.49. The van der Waals surface area contributed by atoms with Gasteiger partial charge < -0.3 is 10.6 Å². The Kier molecular flexibility index (Phi) is 6.69. The van der Waals surface area contributed by atoms with Gasteiger partial charge in [-0.2, -0.15) is 24.9 Å². The van der Waals surface area contributed by atoms with Crippen LogP contribution in [0.1, 0.15) is 39.5 Å². The van der Waals surface area contributed by atoms with E-state index in [-0.39, 0.29) is 23.6 Å². The van der Waals surface area contributed by atoms with E-state index >= 15 is 0 Å². The number of alkyl halides is 3. The van der Waals surface area contributed by atoms with Crippen LogP contribution in [-0.4, -0.2) is 42.8 Å². The van der Waals surface area contributed by atoms with E-state index in [1.807, 2.05) is 6.26 Å². The van der Waals surface area contributed by atoms with Gasteiger partial charge in [-0.1, -0.05) is 6.42 Å². The number of hydrogen-bond acceptors (Lipinski definition) is 2. The van der Waals surface area contributed by atoms with Crippen LogP contribution in [-0.2, 0) is 0 Å². The maximum atomic E-state index is 12.8. The molecule has 0 spiro atoms. The van der Waals surface area contributed by atoms with Crippen LogP contribution in [0.5, 0.6) is 0 Å². The highest BCUT2D eigenvalue weighted by atomic mass is 32.2. The van der Waals surface area contributed by atoms with Crippen molar-refractivity contribution in [1.82, 2.24) is 10.6 Å². The summed E-state index contributed by atoms with van der Waals surface area (Å²) in [6.07, 6.45) is -0.303. The zero-order chi connectivity index (χ0) is 16.1. The fourth-order valence-corrected chi connectivity index (χ4v) is 2.59. The minimum atomic E-state index is -4.09. The van der Waals surface area contributed by atoms with Crippen LogP contribution >= 0.6 is 11.8 Å². The van der Waals surface area contributed by atoms with Gasteiger partial charge in [-0.05, 0) is 39.4 Å². The summed E-state index contributed by atoms with van der Waals surface area (Å²) in [6, 6.07) is -0.158. The van der Waals surface area contributed by atoms with Gasteiger partial charge in [0.15, 0.2) is 5.96 Å². The summed E-state index contributed by atoms with van der Waals surface area (Å²) >= 11 is 1.74. The topological polar surface area (TPSA) is 36.4 Å². The molecule has 1 aliphatic carbocycles. The lowest BCUT2D eigenvalue weighted by Gasteiger charge is -2.32. The van der Waals surface area contributed by atoms with E-state index in [1.165, 1.54) is 0 Å². The largest absolute Gasteiger partial charge is 0.391 e. The van der Waals surface area contributed by atoms with Crippen molar-refractivity contribution in [2.45, 2.75) is 56.5 Å². The smallest absolute Gasteiger partial charge is 0.355 e. The molecule has 2 N–H and O–H groups in total. The Morgan fingerprint density at radius 3 is 2.48 bits per heavy atom. The lowest BCUT2D eigenvalue weighted by molar-refractivity contribution is -0.183. The third kappa shape index (κ3) is 6.36.